The van der Waals surface area contributed by atoms with Crippen LogP contribution in [0.25, 0.3) is 10.9 Å². The third kappa shape index (κ3) is 4.07. The number of amides is 1. The van der Waals surface area contributed by atoms with Crippen LogP contribution in [0.3, 0.4) is 0 Å². The number of hydrogen-bond donors (Lipinski definition) is 3. The molecule has 6 nitrogen and oxygen atoms in total. The van der Waals surface area contributed by atoms with Gasteiger partial charge in [0.2, 0.25) is 0 Å². The number of carboxylic acid groups (broad SMARTS) is 1. The number of aromatic amines is 1. The molecule has 1 heterocycles. The van der Waals surface area contributed by atoms with Crippen molar-refractivity contribution in [2.75, 3.05) is 0 Å². The lowest BCUT2D eigenvalue weighted by Crippen LogP contribution is -2.44. The Morgan fingerprint density at radius 1 is 1.38 bits per heavy atom. The first kappa shape index (κ1) is 17.4. The molecule has 24 heavy (non-hydrogen) atoms. The molecule has 0 radical (unpaired) electrons. The molecule has 1 amide bonds. The number of nitrogens with one attached hydrogen (secondary N) is 2. The van der Waals surface area contributed by atoms with Crippen molar-refractivity contribution >= 4 is 23.0 Å². The van der Waals surface area contributed by atoms with Gasteiger partial charge in [-0.3, -0.25) is 0 Å². The number of hydrogen-bond acceptors (Lipinski definition) is 3. The number of carboxylic acids is 1. The van der Waals surface area contributed by atoms with Gasteiger partial charge in [0.05, 0.1) is 5.69 Å². The van der Waals surface area contributed by atoms with Crippen molar-refractivity contribution in [3.63, 3.8) is 0 Å². The molecule has 0 unspecified atom stereocenters. The number of carbonyl (C=O) groups is 2. The Labute approximate surface area is 140 Å². The van der Waals surface area contributed by atoms with E-state index in [1.54, 1.807) is 20.8 Å². The Balaban J connectivity index is 2.27. The van der Waals surface area contributed by atoms with E-state index in [0.29, 0.717) is 11.3 Å². The minimum absolute atomic E-state index is 0.0537. The number of aromatic nitrogens is 1. The molecule has 0 aliphatic rings. The first-order chi connectivity index (χ1) is 11.2. The van der Waals surface area contributed by atoms with Crippen LogP contribution in [0.15, 0.2) is 24.3 Å². The third-order valence-electron chi connectivity index (χ3n) is 3.36. The van der Waals surface area contributed by atoms with E-state index in [0.717, 1.165) is 10.9 Å². The molecule has 0 saturated heterocycles. The van der Waals surface area contributed by atoms with Crippen molar-refractivity contribution < 1.29 is 19.4 Å². The van der Waals surface area contributed by atoms with Crippen molar-refractivity contribution in [2.45, 2.75) is 38.8 Å². The zero-order valence-corrected chi connectivity index (χ0v) is 13.8. The molecular weight excluding hydrogens is 308 g/mol. The fourth-order valence-corrected chi connectivity index (χ4v) is 2.39. The van der Waals surface area contributed by atoms with Gasteiger partial charge in [0.15, 0.2) is 0 Å². The summed E-state index contributed by atoms with van der Waals surface area (Å²) in [5.41, 5.74) is 1.30. The fourth-order valence-electron chi connectivity index (χ4n) is 2.39. The van der Waals surface area contributed by atoms with Crippen molar-refractivity contribution in [2.24, 2.45) is 0 Å². The van der Waals surface area contributed by atoms with Crippen LogP contribution in [0.2, 0.25) is 0 Å². The van der Waals surface area contributed by atoms with Gasteiger partial charge in [0.25, 0.3) is 0 Å². The summed E-state index contributed by atoms with van der Waals surface area (Å²) >= 11 is 0. The molecule has 0 saturated carbocycles. The Hall–Kier alpha value is -2.94. The van der Waals surface area contributed by atoms with Crippen LogP contribution in [0.1, 0.15) is 32.0 Å². The maximum Gasteiger partial charge on any atom is 0.408 e. The molecule has 6 heteroatoms. The summed E-state index contributed by atoms with van der Waals surface area (Å²) in [4.78, 5) is 26.5. The van der Waals surface area contributed by atoms with Crippen LogP contribution in [0, 0.1) is 12.3 Å². The summed E-state index contributed by atoms with van der Waals surface area (Å²) in [7, 11) is 0. The number of aliphatic carboxylic acids is 1. The second-order valence-corrected chi connectivity index (χ2v) is 6.41. The molecule has 126 valence electrons. The summed E-state index contributed by atoms with van der Waals surface area (Å²) in [6.45, 7) is 5.12. The zero-order chi connectivity index (χ0) is 17.9. The smallest absolute Gasteiger partial charge is 0.408 e. The summed E-state index contributed by atoms with van der Waals surface area (Å²) in [6.07, 6.45) is 4.78. The number of rotatable bonds is 4. The number of terminal acetylenes is 1. The molecule has 3 N–H and O–H groups in total. The van der Waals surface area contributed by atoms with E-state index in [2.05, 4.69) is 16.2 Å². The highest BCUT2D eigenvalue weighted by Crippen LogP contribution is 2.23. The van der Waals surface area contributed by atoms with Crippen LogP contribution in [0.4, 0.5) is 4.79 Å². The molecule has 1 atom stereocenters. The van der Waals surface area contributed by atoms with E-state index in [4.69, 9.17) is 11.2 Å². The number of benzene rings is 1. The van der Waals surface area contributed by atoms with E-state index in [9.17, 15) is 14.7 Å². The topological polar surface area (TPSA) is 91.4 Å². The summed E-state index contributed by atoms with van der Waals surface area (Å²) < 4.78 is 5.12. The van der Waals surface area contributed by atoms with Gasteiger partial charge in [-0.2, -0.15) is 0 Å². The average molecular weight is 328 g/mol. The van der Waals surface area contributed by atoms with Gasteiger partial charge in [0.1, 0.15) is 11.6 Å². The number of H-pyrrole nitrogens is 1. The maximum atomic E-state index is 11.9. The Kier molecular flexibility index (Phi) is 4.84. The highest BCUT2D eigenvalue weighted by atomic mass is 16.6. The van der Waals surface area contributed by atoms with E-state index >= 15 is 0 Å². The standard InChI is InChI=1S/C18H20N2O4/c1-5-13-12(11-8-6-7-9-14(11)19-13)10-15(16(21)22)20-17(23)24-18(2,3)4/h1,6-9,15,19H,10H2,2-4H3,(H,20,23)(H,21,22)/t15-/m1/s1. The van der Waals surface area contributed by atoms with Crippen LogP contribution >= 0.6 is 0 Å². The normalized spacial score (nSPS) is 12.4. The molecule has 1 aromatic carbocycles. The summed E-state index contributed by atoms with van der Waals surface area (Å²) in [5, 5.41) is 12.6. The average Bonchev–Trinajstić information content (AvgIpc) is 2.82. The summed E-state index contributed by atoms with van der Waals surface area (Å²) in [5.74, 6) is 1.37. The van der Waals surface area contributed by atoms with Crippen LogP contribution < -0.4 is 5.32 Å². The predicted molar refractivity (Wildman–Crippen MR) is 90.7 cm³/mol. The molecule has 2 rings (SSSR count). The second kappa shape index (κ2) is 6.67. The quantitative estimate of drug-likeness (QED) is 0.753. The van der Waals surface area contributed by atoms with Crippen molar-refractivity contribution in [1.29, 1.82) is 0 Å². The first-order valence-corrected chi connectivity index (χ1v) is 7.50. The minimum atomic E-state index is -1.16. The maximum absolute atomic E-state index is 11.9. The molecule has 0 aliphatic carbocycles. The fraction of sp³-hybridized carbons (Fsp3) is 0.333. The van der Waals surface area contributed by atoms with E-state index in [1.807, 2.05) is 24.3 Å². The minimum Gasteiger partial charge on any atom is -0.480 e. The lowest BCUT2D eigenvalue weighted by atomic mass is 10.0. The molecular formula is C18H20N2O4. The van der Waals surface area contributed by atoms with Gasteiger partial charge in [-0.25, -0.2) is 9.59 Å². The second-order valence-electron chi connectivity index (χ2n) is 6.41. The highest BCUT2D eigenvalue weighted by Gasteiger charge is 2.26. The third-order valence-corrected chi connectivity index (χ3v) is 3.36. The SMILES string of the molecule is C#Cc1[nH]c2ccccc2c1C[C@@H](NC(=O)OC(C)(C)C)C(=O)O. The van der Waals surface area contributed by atoms with Crippen molar-refractivity contribution in [1.82, 2.24) is 10.3 Å². The largest absolute Gasteiger partial charge is 0.480 e. The lowest BCUT2D eigenvalue weighted by molar-refractivity contribution is -0.139. The number of fused-ring (bicyclic) bond motifs is 1. The number of carbonyl (C=O) groups excluding carboxylic acids is 1. The van der Waals surface area contributed by atoms with Crippen molar-refractivity contribution in [3.05, 3.63) is 35.5 Å². The molecule has 2 aromatic rings. The predicted octanol–water partition coefficient (Wildman–Crippen LogP) is 2.67. The molecule has 0 spiro atoms. The van der Waals surface area contributed by atoms with Gasteiger partial charge >= 0.3 is 12.1 Å². The monoisotopic (exact) mass is 328 g/mol. The number of ether oxygens (including phenoxy) is 1. The molecule has 0 fully saturated rings. The lowest BCUT2D eigenvalue weighted by Gasteiger charge is -2.22. The Morgan fingerprint density at radius 3 is 2.62 bits per heavy atom. The van der Waals surface area contributed by atoms with Crippen LogP contribution in [-0.4, -0.2) is 33.8 Å². The van der Waals surface area contributed by atoms with Gasteiger partial charge in [0, 0.05) is 17.3 Å². The van der Waals surface area contributed by atoms with E-state index in [-0.39, 0.29) is 6.42 Å². The molecule has 0 bridgehead atoms. The van der Waals surface area contributed by atoms with Gasteiger partial charge in [-0.05, 0) is 32.4 Å². The Morgan fingerprint density at radius 2 is 2.04 bits per heavy atom. The first-order valence-electron chi connectivity index (χ1n) is 7.50. The zero-order valence-electron chi connectivity index (χ0n) is 13.8. The van der Waals surface area contributed by atoms with Gasteiger partial charge in [-0.1, -0.05) is 24.1 Å². The number of para-hydroxylation sites is 1. The number of alkyl carbamates (subject to hydrolysis) is 1. The van der Waals surface area contributed by atoms with Crippen LogP contribution in [0.5, 0.6) is 0 Å². The molecule has 1 aromatic heterocycles. The van der Waals surface area contributed by atoms with E-state index < -0.39 is 23.7 Å². The molecule has 0 aliphatic heterocycles. The Bertz CT molecular complexity index is 809. The highest BCUT2D eigenvalue weighted by molar-refractivity contribution is 5.87. The van der Waals surface area contributed by atoms with Gasteiger partial charge < -0.3 is 20.1 Å². The summed E-state index contributed by atoms with van der Waals surface area (Å²) in [6, 6.07) is 6.27. The van der Waals surface area contributed by atoms with Crippen LogP contribution in [-0.2, 0) is 16.0 Å². The van der Waals surface area contributed by atoms with Gasteiger partial charge in [-0.15, -0.1) is 6.42 Å². The van der Waals surface area contributed by atoms with Crippen molar-refractivity contribution in [3.8, 4) is 12.3 Å². The van der Waals surface area contributed by atoms with E-state index in [1.165, 1.54) is 0 Å².